The van der Waals surface area contributed by atoms with Crippen LogP contribution in [0.1, 0.15) is 12.3 Å². The Morgan fingerprint density at radius 2 is 2.07 bits per heavy atom. The number of halogens is 5. The lowest BCUT2D eigenvalue weighted by Gasteiger charge is -2.19. The first-order valence-electron chi connectivity index (χ1n) is 9.17. The van der Waals surface area contributed by atoms with Crippen LogP contribution in [0.4, 0.5) is 13.2 Å². The molecular formula is C18H23ClF3IN6O. The van der Waals surface area contributed by atoms with Crippen LogP contribution in [-0.2, 0) is 6.42 Å². The van der Waals surface area contributed by atoms with Crippen LogP contribution in [0.3, 0.4) is 0 Å². The van der Waals surface area contributed by atoms with Crippen molar-refractivity contribution in [1.29, 1.82) is 0 Å². The van der Waals surface area contributed by atoms with Gasteiger partial charge in [-0.1, -0.05) is 16.8 Å². The average Bonchev–Trinajstić information content (AvgIpc) is 3.30. The SMILES string of the molecule is CN=C(NCCc1nc(-c2ccc(Cl)cc2)no1)NC1CCN(CC(F)(F)F)C1.I. The van der Waals surface area contributed by atoms with Gasteiger partial charge in [-0.05, 0) is 30.7 Å². The number of likely N-dealkylation sites (tertiary alicyclic amines) is 1. The Bertz CT molecular complexity index is 830. The van der Waals surface area contributed by atoms with E-state index in [9.17, 15) is 13.2 Å². The summed E-state index contributed by atoms with van der Waals surface area (Å²) in [6.07, 6.45) is -3.07. The minimum atomic E-state index is -4.18. The van der Waals surface area contributed by atoms with E-state index in [-0.39, 0.29) is 30.0 Å². The number of benzene rings is 1. The highest BCUT2D eigenvalue weighted by molar-refractivity contribution is 14.0. The molecule has 0 aliphatic carbocycles. The van der Waals surface area contributed by atoms with Gasteiger partial charge in [0.15, 0.2) is 5.96 Å². The highest BCUT2D eigenvalue weighted by Crippen LogP contribution is 2.20. The number of rotatable bonds is 6. The van der Waals surface area contributed by atoms with Gasteiger partial charge in [0.2, 0.25) is 11.7 Å². The second-order valence-electron chi connectivity index (χ2n) is 6.75. The van der Waals surface area contributed by atoms with E-state index >= 15 is 0 Å². The van der Waals surface area contributed by atoms with Crippen molar-refractivity contribution in [1.82, 2.24) is 25.7 Å². The number of nitrogens with one attached hydrogen (secondary N) is 2. The summed E-state index contributed by atoms with van der Waals surface area (Å²) >= 11 is 5.87. The number of aliphatic imine (C=N–C) groups is 1. The summed E-state index contributed by atoms with van der Waals surface area (Å²) in [5.74, 6) is 1.48. The van der Waals surface area contributed by atoms with Crippen LogP contribution < -0.4 is 10.6 Å². The van der Waals surface area contributed by atoms with Crippen molar-refractivity contribution < 1.29 is 17.7 Å². The molecule has 1 aromatic carbocycles. The average molecular weight is 559 g/mol. The molecule has 3 rings (SSSR count). The Morgan fingerprint density at radius 3 is 2.73 bits per heavy atom. The standard InChI is InChI=1S/C18H22ClF3N6O.HI/c1-23-17(25-14-7-9-28(10-14)11-18(20,21)22)24-8-6-15-26-16(27-29-15)12-2-4-13(19)5-3-12;/h2-5,14H,6-11H2,1H3,(H2,23,24,25);1H. The molecule has 1 aliphatic heterocycles. The number of nitrogens with zero attached hydrogens (tertiary/aromatic N) is 4. The predicted molar refractivity (Wildman–Crippen MR) is 119 cm³/mol. The highest BCUT2D eigenvalue weighted by atomic mass is 127. The Kier molecular flexibility index (Phi) is 9.16. The van der Waals surface area contributed by atoms with E-state index in [1.165, 1.54) is 4.90 Å². The fourth-order valence-electron chi connectivity index (χ4n) is 3.10. The van der Waals surface area contributed by atoms with Gasteiger partial charge in [0.05, 0.1) is 6.54 Å². The number of aromatic nitrogens is 2. The Hall–Kier alpha value is -1.60. The van der Waals surface area contributed by atoms with Gasteiger partial charge < -0.3 is 15.2 Å². The number of alkyl halides is 3. The third kappa shape index (κ3) is 7.58. The Labute approximate surface area is 194 Å². The van der Waals surface area contributed by atoms with Gasteiger partial charge in [0, 0.05) is 49.7 Å². The fourth-order valence-corrected chi connectivity index (χ4v) is 3.22. The van der Waals surface area contributed by atoms with E-state index in [1.807, 2.05) is 12.1 Å². The number of hydrogen-bond acceptors (Lipinski definition) is 5. The van der Waals surface area contributed by atoms with Crippen molar-refractivity contribution in [3.8, 4) is 11.4 Å². The molecular weight excluding hydrogens is 536 g/mol. The van der Waals surface area contributed by atoms with Crippen LogP contribution in [-0.4, -0.2) is 66.4 Å². The summed E-state index contributed by atoms with van der Waals surface area (Å²) in [5.41, 5.74) is 0.805. The smallest absolute Gasteiger partial charge is 0.356 e. The summed E-state index contributed by atoms with van der Waals surface area (Å²) in [5, 5.41) is 10.9. The van der Waals surface area contributed by atoms with E-state index in [2.05, 4.69) is 25.8 Å². The van der Waals surface area contributed by atoms with Crippen molar-refractivity contribution in [2.45, 2.75) is 25.1 Å². The maximum atomic E-state index is 12.5. The minimum absolute atomic E-state index is 0. The van der Waals surface area contributed by atoms with Crippen molar-refractivity contribution in [3.05, 3.63) is 35.2 Å². The molecule has 1 fully saturated rings. The normalized spacial score (nSPS) is 17.6. The first-order valence-corrected chi connectivity index (χ1v) is 9.55. The monoisotopic (exact) mass is 558 g/mol. The molecule has 1 aromatic heterocycles. The maximum absolute atomic E-state index is 12.5. The van der Waals surface area contributed by atoms with Crippen LogP contribution in [0, 0.1) is 0 Å². The molecule has 1 aliphatic rings. The molecule has 2 heterocycles. The quantitative estimate of drug-likeness (QED) is 0.322. The van der Waals surface area contributed by atoms with Crippen LogP contribution >= 0.6 is 35.6 Å². The van der Waals surface area contributed by atoms with Gasteiger partial charge >= 0.3 is 6.18 Å². The molecule has 30 heavy (non-hydrogen) atoms. The molecule has 1 atom stereocenters. The summed E-state index contributed by atoms with van der Waals surface area (Å²) in [6.45, 7) is 0.336. The first kappa shape index (κ1) is 24.7. The summed E-state index contributed by atoms with van der Waals surface area (Å²) < 4.78 is 42.7. The third-order valence-electron chi connectivity index (χ3n) is 4.44. The molecule has 7 nitrogen and oxygen atoms in total. The highest BCUT2D eigenvalue weighted by Gasteiger charge is 2.34. The molecule has 2 aromatic rings. The zero-order valence-corrected chi connectivity index (χ0v) is 19.3. The largest absolute Gasteiger partial charge is 0.401 e. The van der Waals surface area contributed by atoms with E-state index in [1.54, 1.807) is 19.2 Å². The van der Waals surface area contributed by atoms with Gasteiger partial charge in [0.1, 0.15) is 0 Å². The van der Waals surface area contributed by atoms with E-state index < -0.39 is 12.7 Å². The van der Waals surface area contributed by atoms with Gasteiger partial charge in [-0.2, -0.15) is 18.2 Å². The number of guanidine groups is 1. The predicted octanol–water partition coefficient (Wildman–Crippen LogP) is 3.35. The minimum Gasteiger partial charge on any atom is -0.356 e. The van der Waals surface area contributed by atoms with Crippen molar-refractivity contribution in [2.24, 2.45) is 4.99 Å². The number of hydrogen-bond donors (Lipinski definition) is 2. The topological polar surface area (TPSA) is 78.6 Å². The van der Waals surface area contributed by atoms with Crippen LogP contribution in [0.15, 0.2) is 33.8 Å². The Balaban J connectivity index is 0.00000320. The molecule has 1 saturated heterocycles. The summed E-state index contributed by atoms with van der Waals surface area (Å²) in [4.78, 5) is 9.85. The first-order chi connectivity index (χ1) is 13.8. The third-order valence-corrected chi connectivity index (χ3v) is 4.69. The zero-order valence-electron chi connectivity index (χ0n) is 16.2. The molecule has 0 saturated carbocycles. The van der Waals surface area contributed by atoms with Crippen molar-refractivity contribution >= 4 is 41.5 Å². The molecule has 0 bridgehead atoms. The van der Waals surface area contributed by atoms with Crippen LogP contribution in [0.25, 0.3) is 11.4 Å². The van der Waals surface area contributed by atoms with E-state index in [4.69, 9.17) is 16.1 Å². The van der Waals surface area contributed by atoms with E-state index in [0.717, 1.165) is 5.56 Å². The maximum Gasteiger partial charge on any atom is 0.401 e. The zero-order chi connectivity index (χ0) is 20.9. The lowest BCUT2D eigenvalue weighted by atomic mass is 10.2. The fraction of sp³-hybridized carbons (Fsp3) is 0.500. The van der Waals surface area contributed by atoms with Crippen LogP contribution in [0.2, 0.25) is 5.02 Å². The van der Waals surface area contributed by atoms with Crippen molar-refractivity contribution in [3.63, 3.8) is 0 Å². The molecule has 2 N–H and O–H groups in total. The lowest BCUT2D eigenvalue weighted by Crippen LogP contribution is -2.45. The lowest BCUT2D eigenvalue weighted by molar-refractivity contribution is -0.143. The molecule has 0 radical (unpaired) electrons. The molecule has 0 spiro atoms. The summed E-state index contributed by atoms with van der Waals surface area (Å²) in [7, 11) is 1.61. The molecule has 1 unspecified atom stereocenters. The van der Waals surface area contributed by atoms with E-state index in [0.29, 0.717) is 55.2 Å². The Morgan fingerprint density at radius 1 is 1.33 bits per heavy atom. The summed E-state index contributed by atoms with van der Waals surface area (Å²) in [6, 6.07) is 7.05. The van der Waals surface area contributed by atoms with Gasteiger partial charge in [0.25, 0.3) is 0 Å². The molecule has 12 heteroatoms. The van der Waals surface area contributed by atoms with Gasteiger partial charge in [-0.3, -0.25) is 9.89 Å². The second-order valence-corrected chi connectivity index (χ2v) is 7.18. The van der Waals surface area contributed by atoms with Crippen LogP contribution in [0.5, 0.6) is 0 Å². The van der Waals surface area contributed by atoms with Gasteiger partial charge in [-0.15, -0.1) is 24.0 Å². The second kappa shape index (κ2) is 11.1. The molecule has 166 valence electrons. The van der Waals surface area contributed by atoms with Gasteiger partial charge in [-0.25, -0.2) is 0 Å². The van der Waals surface area contributed by atoms with Crippen molar-refractivity contribution in [2.75, 3.05) is 33.2 Å². The molecule has 0 amide bonds.